The van der Waals surface area contributed by atoms with Gasteiger partial charge in [0.05, 0.1) is 0 Å². The third-order valence-corrected chi connectivity index (χ3v) is 4.80. The summed E-state index contributed by atoms with van der Waals surface area (Å²) in [5.74, 6) is -1.86. The highest BCUT2D eigenvalue weighted by Crippen LogP contribution is 2.20. The van der Waals surface area contributed by atoms with Gasteiger partial charge in [-0.3, -0.25) is 19.3 Å². The van der Waals surface area contributed by atoms with E-state index < -0.39 is 42.0 Å². The molecular formula is C18H22ClN3O5. The van der Waals surface area contributed by atoms with Gasteiger partial charge in [-0.2, -0.15) is 0 Å². The Morgan fingerprint density at radius 2 is 2.00 bits per heavy atom. The summed E-state index contributed by atoms with van der Waals surface area (Å²) in [6.07, 6.45) is -0.692. The summed E-state index contributed by atoms with van der Waals surface area (Å²) in [6, 6.07) is 6.38. The van der Waals surface area contributed by atoms with Gasteiger partial charge in [0, 0.05) is 11.6 Å². The van der Waals surface area contributed by atoms with Crippen LogP contribution in [0.3, 0.4) is 0 Å². The van der Waals surface area contributed by atoms with Crippen LogP contribution in [0.1, 0.15) is 32.8 Å². The second-order valence-corrected chi connectivity index (χ2v) is 6.86. The number of benzene rings is 1. The molecule has 0 bridgehead atoms. The van der Waals surface area contributed by atoms with Crippen molar-refractivity contribution in [1.29, 1.82) is 0 Å². The number of imide groups is 1. The van der Waals surface area contributed by atoms with Crippen molar-refractivity contribution in [3.8, 4) is 0 Å². The topological polar surface area (TPSA) is 105 Å². The molecule has 0 aliphatic carbocycles. The predicted molar refractivity (Wildman–Crippen MR) is 97.8 cm³/mol. The lowest BCUT2D eigenvalue weighted by Crippen LogP contribution is -2.44. The van der Waals surface area contributed by atoms with E-state index in [4.69, 9.17) is 16.3 Å². The quantitative estimate of drug-likeness (QED) is 0.539. The molecule has 0 spiro atoms. The Balaban J connectivity index is 1.86. The van der Waals surface area contributed by atoms with Gasteiger partial charge in [-0.1, -0.05) is 36.7 Å². The molecule has 9 heteroatoms. The Morgan fingerprint density at radius 3 is 2.59 bits per heavy atom. The van der Waals surface area contributed by atoms with Crippen LogP contribution in [0.2, 0.25) is 5.02 Å². The molecule has 0 aromatic heterocycles. The van der Waals surface area contributed by atoms with Gasteiger partial charge < -0.3 is 15.4 Å². The second-order valence-electron chi connectivity index (χ2n) is 6.45. The standard InChI is InChI=1S/C18H22ClN3O5/c1-4-18(3)16(25)22(17(26)21-18)10-14(23)27-11(2)15(24)20-9-12-7-5-6-8-13(12)19/h5-8,11H,4,9-10H2,1-3H3,(H,20,24)(H,21,26)/t11-,18-/m1/s1. The van der Waals surface area contributed by atoms with Crippen LogP contribution in [0.4, 0.5) is 4.79 Å². The molecule has 146 valence electrons. The summed E-state index contributed by atoms with van der Waals surface area (Å²) in [4.78, 5) is 49.1. The average Bonchev–Trinajstić information content (AvgIpc) is 2.84. The molecule has 1 fully saturated rings. The Bertz CT molecular complexity index is 769. The summed E-state index contributed by atoms with van der Waals surface area (Å²) in [6.45, 7) is 4.38. The molecule has 1 aromatic carbocycles. The van der Waals surface area contributed by atoms with Gasteiger partial charge in [-0.25, -0.2) is 4.79 Å². The predicted octanol–water partition coefficient (Wildman–Crippen LogP) is 1.61. The van der Waals surface area contributed by atoms with Crippen LogP contribution in [0, 0.1) is 0 Å². The molecule has 2 rings (SSSR count). The number of nitrogens with one attached hydrogen (secondary N) is 2. The van der Waals surface area contributed by atoms with E-state index in [1.54, 1.807) is 38.1 Å². The fraction of sp³-hybridized carbons (Fsp3) is 0.444. The number of carbonyl (C=O) groups excluding carboxylic acids is 4. The molecule has 0 radical (unpaired) electrons. The molecule has 8 nitrogen and oxygen atoms in total. The van der Waals surface area contributed by atoms with Crippen molar-refractivity contribution in [3.63, 3.8) is 0 Å². The number of halogens is 1. The fourth-order valence-corrected chi connectivity index (χ4v) is 2.72. The van der Waals surface area contributed by atoms with Crippen molar-refractivity contribution in [2.75, 3.05) is 6.54 Å². The first-order valence-electron chi connectivity index (χ1n) is 8.52. The highest BCUT2D eigenvalue weighted by molar-refractivity contribution is 6.31. The van der Waals surface area contributed by atoms with E-state index in [0.29, 0.717) is 11.4 Å². The minimum absolute atomic E-state index is 0.183. The molecule has 2 N–H and O–H groups in total. The van der Waals surface area contributed by atoms with Gasteiger partial charge in [0.2, 0.25) is 0 Å². The number of ether oxygens (including phenoxy) is 1. The molecule has 1 aliphatic rings. The molecule has 1 aromatic rings. The fourth-order valence-electron chi connectivity index (χ4n) is 2.52. The first kappa shape index (κ1) is 20.7. The van der Waals surface area contributed by atoms with Crippen molar-refractivity contribution in [1.82, 2.24) is 15.5 Å². The van der Waals surface area contributed by atoms with Crippen molar-refractivity contribution >= 4 is 35.4 Å². The molecule has 1 aliphatic heterocycles. The van der Waals surface area contributed by atoms with E-state index in [0.717, 1.165) is 10.5 Å². The Hall–Kier alpha value is -2.61. The van der Waals surface area contributed by atoms with Crippen LogP contribution < -0.4 is 10.6 Å². The number of esters is 1. The summed E-state index contributed by atoms with van der Waals surface area (Å²) >= 11 is 6.02. The lowest BCUT2D eigenvalue weighted by molar-refractivity contribution is -0.156. The first-order valence-corrected chi connectivity index (χ1v) is 8.90. The summed E-state index contributed by atoms with van der Waals surface area (Å²) < 4.78 is 5.03. The van der Waals surface area contributed by atoms with Gasteiger partial charge in [-0.05, 0) is 31.9 Å². The van der Waals surface area contributed by atoms with Gasteiger partial charge >= 0.3 is 12.0 Å². The van der Waals surface area contributed by atoms with Crippen molar-refractivity contribution in [3.05, 3.63) is 34.9 Å². The maximum atomic E-state index is 12.3. The third kappa shape index (κ3) is 4.77. The Labute approximate surface area is 162 Å². The normalized spacial score (nSPS) is 20.2. The van der Waals surface area contributed by atoms with Crippen LogP contribution >= 0.6 is 11.6 Å². The molecule has 4 amide bonds. The molecular weight excluding hydrogens is 374 g/mol. The molecule has 1 saturated heterocycles. The minimum atomic E-state index is -1.08. The van der Waals surface area contributed by atoms with Crippen molar-refractivity contribution in [2.45, 2.75) is 45.4 Å². The van der Waals surface area contributed by atoms with E-state index in [1.165, 1.54) is 6.92 Å². The second kappa shape index (κ2) is 8.39. The van der Waals surface area contributed by atoms with Gasteiger partial charge in [0.25, 0.3) is 11.8 Å². The van der Waals surface area contributed by atoms with Crippen LogP contribution in [0.25, 0.3) is 0 Å². The zero-order valence-corrected chi connectivity index (χ0v) is 16.1. The van der Waals surface area contributed by atoms with E-state index >= 15 is 0 Å². The minimum Gasteiger partial charge on any atom is -0.451 e. The number of hydrogen-bond acceptors (Lipinski definition) is 5. The Kier molecular flexibility index (Phi) is 6.43. The largest absolute Gasteiger partial charge is 0.451 e. The maximum Gasteiger partial charge on any atom is 0.327 e. The van der Waals surface area contributed by atoms with Gasteiger partial charge in [-0.15, -0.1) is 0 Å². The number of carbonyl (C=O) groups is 4. The smallest absolute Gasteiger partial charge is 0.327 e. The number of amides is 4. The first-order chi connectivity index (χ1) is 12.7. The lowest BCUT2D eigenvalue weighted by Gasteiger charge is -2.19. The van der Waals surface area contributed by atoms with Crippen molar-refractivity contribution < 1.29 is 23.9 Å². The number of nitrogens with zero attached hydrogens (tertiary/aromatic N) is 1. The zero-order valence-electron chi connectivity index (χ0n) is 15.4. The van der Waals surface area contributed by atoms with Crippen LogP contribution in [0.5, 0.6) is 0 Å². The molecule has 1 heterocycles. The van der Waals surface area contributed by atoms with Gasteiger partial charge in [0.1, 0.15) is 12.1 Å². The van der Waals surface area contributed by atoms with Crippen LogP contribution in [-0.2, 0) is 25.7 Å². The van der Waals surface area contributed by atoms with E-state index in [1.807, 2.05) is 0 Å². The highest BCUT2D eigenvalue weighted by atomic mass is 35.5. The third-order valence-electron chi connectivity index (χ3n) is 4.43. The van der Waals surface area contributed by atoms with E-state index in [2.05, 4.69) is 10.6 Å². The molecule has 0 saturated carbocycles. The van der Waals surface area contributed by atoms with Crippen molar-refractivity contribution in [2.24, 2.45) is 0 Å². The van der Waals surface area contributed by atoms with Crippen LogP contribution in [0.15, 0.2) is 24.3 Å². The maximum absolute atomic E-state index is 12.3. The SMILES string of the molecule is CC[C@@]1(C)NC(=O)N(CC(=O)O[C@H](C)C(=O)NCc2ccccc2Cl)C1=O. The highest BCUT2D eigenvalue weighted by Gasteiger charge is 2.47. The lowest BCUT2D eigenvalue weighted by atomic mass is 9.99. The van der Waals surface area contributed by atoms with E-state index in [9.17, 15) is 19.2 Å². The number of urea groups is 1. The monoisotopic (exact) mass is 395 g/mol. The summed E-state index contributed by atoms with van der Waals surface area (Å²) in [5.41, 5.74) is -0.306. The summed E-state index contributed by atoms with van der Waals surface area (Å²) in [5, 5.41) is 5.67. The summed E-state index contributed by atoms with van der Waals surface area (Å²) in [7, 11) is 0. The number of hydrogen-bond donors (Lipinski definition) is 2. The average molecular weight is 396 g/mol. The molecule has 0 unspecified atom stereocenters. The zero-order chi connectivity index (χ0) is 20.2. The number of rotatable bonds is 7. The molecule has 27 heavy (non-hydrogen) atoms. The van der Waals surface area contributed by atoms with Crippen LogP contribution in [-0.4, -0.2) is 46.9 Å². The Morgan fingerprint density at radius 1 is 1.33 bits per heavy atom. The van der Waals surface area contributed by atoms with Gasteiger partial charge in [0.15, 0.2) is 6.10 Å². The molecule has 2 atom stereocenters. The van der Waals surface area contributed by atoms with E-state index in [-0.39, 0.29) is 6.54 Å².